The number of anilines is 2. The van der Waals surface area contributed by atoms with Crippen LogP contribution in [0.5, 0.6) is 0 Å². The van der Waals surface area contributed by atoms with Crippen LogP contribution >= 0.6 is 11.3 Å². The average molecular weight is 401 g/mol. The molecule has 0 bridgehead atoms. The third-order valence-electron chi connectivity index (χ3n) is 3.55. The summed E-state index contributed by atoms with van der Waals surface area (Å²) in [6.07, 6.45) is 0. The molecule has 2 N–H and O–H groups in total. The van der Waals surface area contributed by atoms with Crippen LogP contribution in [0.15, 0.2) is 64.9 Å². The number of nitrogens with one attached hydrogen (secondary N) is 2. The van der Waals surface area contributed by atoms with Crippen LogP contribution in [0.1, 0.15) is 15.9 Å². The molecule has 27 heavy (non-hydrogen) atoms. The second-order valence-electron chi connectivity index (χ2n) is 5.33. The van der Waals surface area contributed by atoms with E-state index in [0.29, 0.717) is 10.6 Å². The number of carbonyl (C=O) groups is 1. The summed E-state index contributed by atoms with van der Waals surface area (Å²) in [5, 5.41) is 13.7. The summed E-state index contributed by atoms with van der Waals surface area (Å²) < 4.78 is 40.4. The van der Waals surface area contributed by atoms with E-state index in [0.717, 1.165) is 24.3 Å². The van der Waals surface area contributed by atoms with E-state index < -0.39 is 21.7 Å². The van der Waals surface area contributed by atoms with E-state index in [4.69, 9.17) is 5.26 Å². The Hall–Kier alpha value is -3.22. The van der Waals surface area contributed by atoms with Crippen molar-refractivity contribution in [3.63, 3.8) is 0 Å². The van der Waals surface area contributed by atoms with Crippen molar-refractivity contribution in [2.45, 2.75) is 4.90 Å². The molecule has 0 spiro atoms. The zero-order valence-electron chi connectivity index (χ0n) is 13.6. The molecular weight excluding hydrogens is 389 g/mol. The van der Waals surface area contributed by atoms with Crippen LogP contribution in [0.3, 0.4) is 0 Å². The highest BCUT2D eigenvalue weighted by atomic mass is 32.2. The maximum Gasteiger partial charge on any atom is 0.261 e. The number of sulfonamides is 1. The zero-order chi connectivity index (χ0) is 19.4. The Morgan fingerprint density at radius 3 is 2.48 bits per heavy atom. The molecule has 0 aliphatic heterocycles. The van der Waals surface area contributed by atoms with Gasteiger partial charge in [0.25, 0.3) is 15.9 Å². The van der Waals surface area contributed by atoms with Gasteiger partial charge in [-0.15, -0.1) is 11.3 Å². The van der Waals surface area contributed by atoms with Crippen molar-refractivity contribution in [3.05, 3.63) is 76.9 Å². The van der Waals surface area contributed by atoms with Crippen molar-refractivity contribution in [1.82, 2.24) is 0 Å². The number of amides is 1. The molecule has 9 heteroatoms. The predicted molar refractivity (Wildman–Crippen MR) is 101 cm³/mol. The highest BCUT2D eigenvalue weighted by Gasteiger charge is 2.19. The minimum absolute atomic E-state index is 0.0642. The molecule has 1 amide bonds. The highest BCUT2D eigenvalue weighted by Crippen LogP contribution is 2.25. The molecule has 0 radical (unpaired) electrons. The number of benzene rings is 2. The third kappa shape index (κ3) is 4.13. The van der Waals surface area contributed by atoms with Gasteiger partial charge in [0.15, 0.2) is 0 Å². The first kappa shape index (κ1) is 18.6. The summed E-state index contributed by atoms with van der Waals surface area (Å²) in [5.74, 6) is -1.12. The van der Waals surface area contributed by atoms with Crippen LogP contribution in [0.4, 0.5) is 15.1 Å². The smallest absolute Gasteiger partial charge is 0.261 e. The molecule has 0 aliphatic carbocycles. The van der Waals surface area contributed by atoms with Gasteiger partial charge in [-0.25, -0.2) is 12.8 Å². The normalized spacial score (nSPS) is 10.8. The third-order valence-corrected chi connectivity index (χ3v) is 5.76. The van der Waals surface area contributed by atoms with Crippen LogP contribution in [0.25, 0.3) is 0 Å². The summed E-state index contributed by atoms with van der Waals surface area (Å²) in [6.45, 7) is 0. The van der Waals surface area contributed by atoms with E-state index in [9.17, 15) is 17.6 Å². The fourth-order valence-corrected chi connectivity index (χ4v) is 4.06. The van der Waals surface area contributed by atoms with Crippen LogP contribution in [-0.2, 0) is 10.0 Å². The number of thiophene rings is 1. The first-order valence-electron chi connectivity index (χ1n) is 7.57. The molecule has 3 rings (SSSR count). The zero-order valence-corrected chi connectivity index (χ0v) is 15.3. The van der Waals surface area contributed by atoms with Gasteiger partial charge < -0.3 is 5.32 Å². The van der Waals surface area contributed by atoms with E-state index in [2.05, 4.69) is 10.0 Å². The molecule has 1 heterocycles. The molecule has 0 atom stereocenters. The van der Waals surface area contributed by atoms with Crippen LogP contribution in [0, 0.1) is 17.1 Å². The van der Waals surface area contributed by atoms with Gasteiger partial charge in [-0.2, -0.15) is 5.26 Å². The minimum Gasteiger partial charge on any atom is -0.312 e. The number of hydrogen-bond donors (Lipinski definition) is 2. The maximum atomic E-state index is 13.0. The number of carbonyl (C=O) groups excluding carboxylic acids is 1. The molecule has 136 valence electrons. The van der Waals surface area contributed by atoms with Crippen LogP contribution < -0.4 is 10.0 Å². The van der Waals surface area contributed by atoms with Crippen LogP contribution in [-0.4, -0.2) is 14.3 Å². The average Bonchev–Trinajstić information content (AvgIpc) is 3.09. The molecule has 0 fully saturated rings. The fraction of sp³-hybridized carbons (Fsp3) is 0. The first-order chi connectivity index (χ1) is 12.9. The topological polar surface area (TPSA) is 99.1 Å². The number of nitrogens with zero attached hydrogens (tertiary/aromatic N) is 1. The van der Waals surface area contributed by atoms with Gasteiger partial charge in [-0.1, -0.05) is 12.1 Å². The Morgan fingerprint density at radius 1 is 1.07 bits per heavy atom. The maximum absolute atomic E-state index is 13.0. The summed E-state index contributed by atoms with van der Waals surface area (Å²) in [6, 6.07) is 13.9. The second-order valence-corrected chi connectivity index (χ2v) is 7.93. The lowest BCUT2D eigenvalue weighted by Gasteiger charge is -2.12. The molecule has 3 aromatic rings. The van der Waals surface area contributed by atoms with Crippen molar-refractivity contribution < 1.29 is 17.6 Å². The number of halogens is 1. The van der Waals surface area contributed by atoms with E-state index >= 15 is 0 Å². The summed E-state index contributed by atoms with van der Waals surface area (Å²) in [4.78, 5) is 12.4. The molecular formula is C18H12FN3O3S2. The summed E-state index contributed by atoms with van der Waals surface area (Å²) in [7, 11) is -4.01. The van der Waals surface area contributed by atoms with Gasteiger partial charge in [0.1, 0.15) is 16.9 Å². The quantitative estimate of drug-likeness (QED) is 0.679. The van der Waals surface area contributed by atoms with Gasteiger partial charge in [-0.3, -0.25) is 9.52 Å². The first-order valence-corrected chi connectivity index (χ1v) is 9.93. The molecule has 0 saturated heterocycles. The van der Waals surface area contributed by atoms with Gasteiger partial charge in [0.05, 0.1) is 21.7 Å². The number of nitriles is 1. The Bertz CT molecular complexity index is 1130. The molecule has 0 saturated carbocycles. The monoisotopic (exact) mass is 401 g/mol. The number of rotatable bonds is 5. The fourth-order valence-electron chi connectivity index (χ4n) is 2.25. The second kappa shape index (κ2) is 7.57. The largest absolute Gasteiger partial charge is 0.312 e. The van der Waals surface area contributed by atoms with Crippen molar-refractivity contribution in [2.75, 3.05) is 10.0 Å². The Kier molecular flexibility index (Phi) is 5.21. The van der Waals surface area contributed by atoms with Crippen LogP contribution in [0.2, 0.25) is 0 Å². The van der Waals surface area contributed by atoms with Gasteiger partial charge in [0, 0.05) is 0 Å². The molecule has 6 nitrogen and oxygen atoms in total. The van der Waals surface area contributed by atoms with Gasteiger partial charge in [0.2, 0.25) is 0 Å². The Morgan fingerprint density at radius 2 is 1.78 bits per heavy atom. The summed E-state index contributed by atoms with van der Waals surface area (Å²) >= 11 is 1.19. The van der Waals surface area contributed by atoms with E-state index in [1.54, 1.807) is 23.6 Å². The molecule has 1 aromatic heterocycles. The van der Waals surface area contributed by atoms with E-state index in [1.807, 2.05) is 6.07 Å². The highest BCUT2D eigenvalue weighted by molar-refractivity contribution is 7.92. The minimum atomic E-state index is -4.01. The lowest BCUT2D eigenvalue weighted by atomic mass is 10.1. The van der Waals surface area contributed by atoms with Crippen molar-refractivity contribution in [1.29, 1.82) is 5.26 Å². The van der Waals surface area contributed by atoms with E-state index in [1.165, 1.54) is 23.5 Å². The standard InChI is InChI=1S/C18H12FN3O3S2/c19-13-5-7-14(8-6-13)27(24,25)22-16-4-2-1-3-15(16)17(23)21-18-12(11-20)9-10-26-18/h1-10,22H,(H,21,23). The van der Waals surface area contributed by atoms with Crippen molar-refractivity contribution in [3.8, 4) is 6.07 Å². The lowest BCUT2D eigenvalue weighted by molar-refractivity contribution is 0.102. The number of para-hydroxylation sites is 1. The molecule has 0 aliphatic rings. The predicted octanol–water partition coefficient (Wildman–Crippen LogP) is 3.81. The number of hydrogen-bond acceptors (Lipinski definition) is 5. The molecule has 0 unspecified atom stereocenters. The van der Waals surface area contributed by atoms with Crippen molar-refractivity contribution >= 4 is 38.0 Å². The lowest BCUT2D eigenvalue weighted by Crippen LogP contribution is -2.18. The van der Waals surface area contributed by atoms with E-state index in [-0.39, 0.29) is 16.1 Å². The van der Waals surface area contributed by atoms with Gasteiger partial charge in [-0.05, 0) is 47.8 Å². The van der Waals surface area contributed by atoms with Gasteiger partial charge >= 0.3 is 0 Å². The SMILES string of the molecule is N#Cc1ccsc1NC(=O)c1ccccc1NS(=O)(=O)c1ccc(F)cc1. The Labute approximate surface area is 158 Å². The van der Waals surface area contributed by atoms with Crippen molar-refractivity contribution in [2.24, 2.45) is 0 Å². The Balaban J connectivity index is 1.89. The summed E-state index contributed by atoms with van der Waals surface area (Å²) in [5.41, 5.74) is 0.465. The molecule has 2 aromatic carbocycles.